The number of anilines is 1. The van der Waals surface area contributed by atoms with Crippen molar-refractivity contribution in [1.82, 2.24) is 0 Å². The standard InChI is InChI=1S/C15H22FNO2/c1-4-13-9-19-10(2)8-17(13)15-6-5-12(16)7-14(15)11(3)18/h5-7,10-11,13,18H,4,8-9H2,1-3H3/t10?,11-,13?/m0/s1. The molecule has 1 N–H and O–H groups in total. The highest BCUT2D eigenvalue weighted by Gasteiger charge is 2.28. The van der Waals surface area contributed by atoms with E-state index in [0.717, 1.165) is 18.7 Å². The van der Waals surface area contributed by atoms with Gasteiger partial charge in [-0.1, -0.05) is 6.92 Å². The second-order valence-electron chi connectivity index (χ2n) is 5.24. The van der Waals surface area contributed by atoms with E-state index in [1.807, 2.05) is 6.92 Å². The summed E-state index contributed by atoms with van der Waals surface area (Å²) in [6.45, 7) is 7.26. The van der Waals surface area contributed by atoms with Crippen LogP contribution in [0.3, 0.4) is 0 Å². The van der Waals surface area contributed by atoms with Crippen LogP contribution in [0.2, 0.25) is 0 Å². The van der Waals surface area contributed by atoms with E-state index in [1.54, 1.807) is 13.0 Å². The number of rotatable bonds is 3. The molecule has 3 atom stereocenters. The number of morpholine rings is 1. The van der Waals surface area contributed by atoms with Crippen LogP contribution in [0.1, 0.15) is 38.9 Å². The summed E-state index contributed by atoms with van der Waals surface area (Å²) in [5.41, 5.74) is 1.56. The Morgan fingerprint density at radius 2 is 2.26 bits per heavy atom. The number of halogens is 1. The molecular formula is C15H22FNO2. The summed E-state index contributed by atoms with van der Waals surface area (Å²) < 4.78 is 19.1. The fraction of sp³-hybridized carbons (Fsp3) is 0.600. The summed E-state index contributed by atoms with van der Waals surface area (Å²) in [5, 5.41) is 9.86. The van der Waals surface area contributed by atoms with Crippen molar-refractivity contribution in [2.75, 3.05) is 18.1 Å². The lowest BCUT2D eigenvalue weighted by molar-refractivity contribution is 0.0297. The maximum absolute atomic E-state index is 13.4. The molecule has 0 saturated carbocycles. The lowest BCUT2D eigenvalue weighted by atomic mass is 10.0. The van der Waals surface area contributed by atoms with Gasteiger partial charge in [-0.2, -0.15) is 0 Å². The number of hydrogen-bond acceptors (Lipinski definition) is 3. The van der Waals surface area contributed by atoms with Crippen LogP contribution in [0.15, 0.2) is 18.2 Å². The Hall–Kier alpha value is -1.13. The molecule has 2 rings (SSSR count). The minimum atomic E-state index is -0.679. The van der Waals surface area contributed by atoms with Gasteiger partial charge in [-0.25, -0.2) is 4.39 Å². The number of ether oxygens (including phenoxy) is 1. The van der Waals surface area contributed by atoms with Crippen LogP contribution in [-0.4, -0.2) is 30.4 Å². The molecule has 1 aliphatic rings. The molecule has 2 unspecified atom stereocenters. The maximum atomic E-state index is 13.4. The summed E-state index contributed by atoms with van der Waals surface area (Å²) >= 11 is 0. The van der Waals surface area contributed by atoms with Crippen LogP contribution in [0.25, 0.3) is 0 Å². The molecule has 1 saturated heterocycles. The molecule has 4 heteroatoms. The van der Waals surface area contributed by atoms with Gasteiger partial charge < -0.3 is 14.7 Å². The number of hydrogen-bond donors (Lipinski definition) is 1. The summed E-state index contributed by atoms with van der Waals surface area (Å²) in [7, 11) is 0. The average molecular weight is 267 g/mol. The van der Waals surface area contributed by atoms with Crippen LogP contribution in [0, 0.1) is 5.82 Å². The molecule has 3 nitrogen and oxygen atoms in total. The molecule has 19 heavy (non-hydrogen) atoms. The minimum Gasteiger partial charge on any atom is -0.389 e. The smallest absolute Gasteiger partial charge is 0.123 e. The number of aliphatic hydroxyl groups excluding tert-OH is 1. The Balaban J connectivity index is 2.38. The summed E-state index contributed by atoms with van der Waals surface area (Å²) in [6.07, 6.45) is 0.430. The van der Waals surface area contributed by atoms with Crippen LogP contribution < -0.4 is 4.90 Å². The molecule has 0 bridgehead atoms. The molecular weight excluding hydrogens is 245 g/mol. The van der Waals surface area contributed by atoms with Gasteiger partial charge in [-0.15, -0.1) is 0 Å². The van der Waals surface area contributed by atoms with Gasteiger partial charge >= 0.3 is 0 Å². The van der Waals surface area contributed by atoms with Crippen LogP contribution in [0.4, 0.5) is 10.1 Å². The lowest BCUT2D eigenvalue weighted by Gasteiger charge is -2.41. The average Bonchev–Trinajstić information content (AvgIpc) is 2.38. The monoisotopic (exact) mass is 267 g/mol. The van der Waals surface area contributed by atoms with Crippen molar-refractivity contribution in [3.8, 4) is 0 Å². The molecule has 1 aromatic rings. The van der Waals surface area contributed by atoms with Gasteiger partial charge in [-0.3, -0.25) is 0 Å². The fourth-order valence-corrected chi connectivity index (χ4v) is 2.60. The van der Waals surface area contributed by atoms with Crippen molar-refractivity contribution in [2.24, 2.45) is 0 Å². The van der Waals surface area contributed by atoms with Crippen LogP contribution >= 0.6 is 0 Å². The largest absolute Gasteiger partial charge is 0.389 e. The Labute approximate surface area is 114 Å². The van der Waals surface area contributed by atoms with Crippen molar-refractivity contribution in [2.45, 2.75) is 45.4 Å². The van der Waals surface area contributed by atoms with Crippen molar-refractivity contribution >= 4 is 5.69 Å². The number of nitrogens with zero attached hydrogens (tertiary/aromatic N) is 1. The zero-order valence-electron chi connectivity index (χ0n) is 11.8. The van der Waals surface area contributed by atoms with E-state index < -0.39 is 6.10 Å². The van der Waals surface area contributed by atoms with E-state index in [2.05, 4.69) is 11.8 Å². The molecule has 106 valence electrons. The summed E-state index contributed by atoms with van der Waals surface area (Å²) in [6, 6.07) is 4.91. The second kappa shape index (κ2) is 5.88. The summed E-state index contributed by atoms with van der Waals surface area (Å²) in [5.74, 6) is -0.311. The molecule has 1 heterocycles. The third-order valence-electron chi connectivity index (χ3n) is 3.69. The van der Waals surface area contributed by atoms with Gasteiger partial charge in [-0.05, 0) is 38.5 Å². The van der Waals surface area contributed by atoms with E-state index in [4.69, 9.17) is 4.74 Å². The Kier molecular flexibility index (Phi) is 4.42. The van der Waals surface area contributed by atoms with E-state index >= 15 is 0 Å². The van der Waals surface area contributed by atoms with Gasteiger partial charge in [0.15, 0.2) is 0 Å². The van der Waals surface area contributed by atoms with Crippen molar-refractivity contribution in [3.63, 3.8) is 0 Å². The minimum absolute atomic E-state index is 0.148. The first kappa shape index (κ1) is 14.3. The molecule has 0 aromatic heterocycles. The quantitative estimate of drug-likeness (QED) is 0.914. The Bertz CT molecular complexity index is 436. The molecule has 0 aliphatic carbocycles. The van der Waals surface area contributed by atoms with Crippen molar-refractivity contribution in [1.29, 1.82) is 0 Å². The second-order valence-corrected chi connectivity index (χ2v) is 5.24. The molecule has 1 aliphatic heterocycles. The SMILES string of the molecule is CCC1COC(C)CN1c1ccc(F)cc1[C@H](C)O. The highest BCUT2D eigenvalue weighted by molar-refractivity contribution is 5.56. The maximum Gasteiger partial charge on any atom is 0.123 e. The first-order chi connectivity index (χ1) is 9.02. The van der Waals surface area contributed by atoms with E-state index in [9.17, 15) is 9.50 Å². The molecule has 0 spiro atoms. The first-order valence-electron chi connectivity index (χ1n) is 6.88. The Morgan fingerprint density at radius 3 is 2.89 bits per heavy atom. The predicted octanol–water partition coefficient (Wildman–Crippen LogP) is 2.88. The van der Waals surface area contributed by atoms with Crippen molar-refractivity contribution in [3.05, 3.63) is 29.6 Å². The lowest BCUT2D eigenvalue weighted by Crippen LogP contribution is -2.49. The molecule has 0 radical (unpaired) electrons. The van der Waals surface area contributed by atoms with Crippen LogP contribution in [0.5, 0.6) is 0 Å². The topological polar surface area (TPSA) is 32.7 Å². The van der Waals surface area contributed by atoms with Gasteiger partial charge in [0.25, 0.3) is 0 Å². The fourth-order valence-electron chi connectivity index (χ4n) is 2.60. The number of benzene rings is 1. The zero-order chi connectivity index (χ0) is 14.0. The van der Waals surface area contributed by atoms with Crippen LogP contribution in [-0.2, 0) is 4.74 Å². The van der Waals surface area contributed by atoms with Gasteiger partial charge in [0.2, 0.25) is 0 Å². The molecule has 1 aromatic carbocycles. The van der Waals surface area contributed by atoms with Crippen molar-refractivity contribution < 1.29 is 14.2 Å². The first-order valence-corrected chi connectivity index (χ1v) is 6.88. The van der Waals surface area contributed by atoms with E-state index in [-0.39, 0.29) is 18.0 Å². The predicted molar refractivity (Wildman–Crippen MR) is 73.9 cm³/mol. The summed E-state index contributed by atoms with van der Waals surface area (Å²) in [4.78, 5) is 2.23. The zero-order valence-corrected chi connectivity index (χ0v) is 11.8. The highest BCUT2D eigenvalue weighted by Crippen LogP contribution is 2.31. The highest BCUT2D eigenvalue weighted by atomic mass is 19.1. The molecule has 1 fully saturated rings. The van der Waals surface area contributed by atoms with Gasteiger partial charge in [0, 0.05) is 17.8 Å². The number of aliphatic hydroxyl groups is 1. The normalized spacial score (nSPS) is 25.4. The molecule has 0 amide bonds. The third kappa shape index (κ3) is 3.07. The third-order valence-corrected chi connectivity index (χ3v) is 3.69. The Morgan fingerprint density at radius 1 is 1.53 bits per heavy atom. The van der Waals surface area contributed by atoms with E-state index in [1.165, 1.54) is 12.1 Å². The van der Waals surface area contributed by atoms with E-state index in [0.29, 0.717) is 12.2 Å². The van der Waals surface area contributed by atoms with Gasteiger partial charge in [0.1, 0.15) is 5.82 Å². The van der Waals surface area contributed by atoms with Gasteiger partial charge in [0.05, 0.1) is 24.9 Å².